The molecule has 0 saturated heterocycles. The van der Waals surface area contributed by atoms with E-state index in [0.717, 1.165) is 26.1 Å². The van der Waals surface area contributed by atoms with Gasteiger partial charge in [-0.05, 0) is 54.3 Å². The lowest BCUT2D eigenvalue weighted by molar-refractivity contribution is 0.297. The third kappa shape index (κ3) is 9.71. The molecule has 0 heterocycles. The maximum absolute atomic E-state index is 8.67. The van der Waals surface area contributed by atoms with Gasteiger partial charge in [0.1, 0.15) is 0 Å². The summed E-state index contributed by atoms with van der Waals surface area (Å²) in [5.74, 6) is 0.130. The van der Waals surface area contributed by atoms with Gasteiger partial charge in [-0.15, -0.1) is 0 Å². The summed E-state index contributed by atoms with van der Waals surface area (Å²) < 4.78 is 0. The second-order valence-corrected chi connectivity index (χ2v) is 5.32. The van der Waals surface area contributed by atoms with Gasteiger partial charge in [-0.2, -0.15) is 5.26 Å². The highest BCUT2D eigenvalue weighted by Gasteiger charge is 2.08. The lowest BCUT2D eigenvalue weighted by Crippen LogP contribution is -2.37. The zero-order valence-electron chi connectivity index (χ0n) is 10.8. The van der Waals surface area contributed by atoms with Crippen molar-refractivity contribution in [3.63, 3.8) is 0 Å². The zero-order valence-corrected chi connectivity index (χ0v) is 10.8. The minimum absolute atomic E-state index is 0.130. The maximum atomic E-state index is 8.67. The van der Waals surface area contributed by atoms with E-state index in [2.05, 4.69) is 44.1 Å². The van der Waals surface area contributed by atoms with Crippen LogP contribution in [0.3, 0.4) is 0 Å². The molecule has 0 amide bonds. The number of nitrogens with zero attached hydrogens (tertiary/aromatic N) is 2. The van der Waals surface area contributed by atoms with E-state index in [9.17, 15) is 0 Å². The molecule has 3 heteroatoms. The van der Waals surface area contributed by atoms with Crippen molar-refractivity contribution in [2.75, 3.05) is 26.7 Å². The van der Waals surface area contributed by atoms with Crippen LogP contribution in [0, 0.1) is 17.2 Å². The first kappa shape index (κ1) is 14.4. The molecule has 0 saturated carbocycles. The van der Waals surface area contributed by atoms with E-state index < -0.39 is 0 Å². The molecule has 88 valence electrons. The van der Waals surface area contributed by atoms with Crippen molar-refractivity contribution >= 4 is 0 Å². The average Bonchev–Trinajstić information content (AvgIpc) is 2.11. The zero-order chi connectivity index (χ0) is 11.9. The monoisotopic (exact) mass is 211 g/mol. The number of nitrogens with one attached hydrogen (secondary N) is 1. The van der Waals surface area contributed by atoms with Crippen molar-refractivity contribution in [1.82, 2.24) is 10.2 Å². The summed E-state index contributed by atoms with van der Waals surface area (Å²) in [5, 5.41) is 12.1. The predicted octanol–water partition coefficient (Wildman–Crippen LogP) is 1.86. The predicted molar refractivity (Wildman–Crippen MR) is 64.6 cm³/mol. The van der Waals surface area contributed by atoms with Crippen molar-refractivity contribution in [3.8, 4) is 6.07 Å². The summed E-state index contributed by atoms with van der Waals surface area (Å²) in [6, 6.07) is 2.25. The van der Waals surface area contributed by atoms with Gasteiger partial charge in [-0.1, -0.05) is 0 Å². The van der Waals surface area contributed by atoms with E-state index in [1.54, 1.807) is 0 Å². The molecule has 15 heavy (non-hydrogen) atoms. The molecule has 0 aromatic carbocycles. The van der Waals surface area contributed by atoms with E-state index in [-0.39, 0.29) is 11.5 Å². The molecule has 0 spiro atoms. The van der Waals surface area contributed by atoms with E-state index in [1.807, 2.05) is 6.92 Å². The fraction of sp³-hybridized carbons (Fsp3) is 0.917. The summed E-state index contributed by atoms with van der Waals surface area (Å²) in [5.41, 5.74) is 0.207. The van der Waals surface area contributed by atoms with E-state index >= 15 is 0 Å². The third-order valence-electron chi connectivity index (χ3n) is 2.18. The summed E-state index contributed by atoms with van der Waals surface area (Å²) in [7, 11) is 2.07. The number of nitriles is 1. The molecule has 0 aromatic rings. The normalized spacial score (nSPS) is 13.9. The molecule has 0 bridgehead atoms. The summed E-state index contributed by atoms with van der Waals surface area (Å²) in [4.78, 5) is 2.22. The highest BCUT2D eigenvalue weighted by atomic mass is 15.1. The van der Waals surface area contributed by atoms with Crippen molar-refractivity contribution < 1.29 is 0 Å². The Labute approximate surface area is 94.5 Å². The molecule has 0 rings (SSSR count). The molecule has 3 nitrogen and oxygen atoms in total. The molecular weight excluding hydrogens is 186 g/mol. The van der Waals surface area contributed by atoms with Crippen LogP contribution in [0.25, 0.3) is 0 Å². The van der Waals surface area contributed by atoms with Gasteiger partial charge in [-0.25, -0.2) is 0 Å². The van der Waals surface area contributed by atoms with Crippen LogP contribution >= 0.6 is 0 Å². The largest absolute Gasteiger partial charge is 0.312 e. The number of hydrogen-bond donors (Lipinski definition) is 1. The summed E-state index contributed by atoms with van der Waals surface area (Å²) >= 11 is 0. The van der Waals surface area contributed by atoms with Crippen LogP contribution in [0.2, 0.25) is 0 Å². The minimum Gasteiger partial charge on any atom is -0.312 e. The highest BCUT2D eigenvalue weighted by Crippen LogP contribution is 1.99. The Morgan fingerprint density at radius 3 is 2.47 bits per heavy atom. The van der Waals surface area contributed by atoms with Crippen molar-refractivity contribution in [1.29, 1.82) is 5.26 Å². The van der Waals surface area contributed by atoms with Crippen molar-refractivity contribution in [2.24, 2.45) is 5.92 Å². The SMILES string of the molecule is CC(C#N)CN(C)CCCNC(C)(C)C. The molecule has 0 aliphatic heterocycles. The molecular formula is C12H25N3. The first-order valence-corrected chi connectivity index (χ1v) is 5.68. The molecule has 0 aliphatic carbocycles. The van der Waals surface area contributed by atoms with Gasteiger partial charge in [0, 0.05) is 12.1 Å². The van der Waals surface area contributed by atoms with Gasteiger partial charge in [0.15, 0.2) is 0 Å². The Morgan fingerprint density at radius 1 is 1.40 bits per heavy atom. The van der Waals surface area contributed by atoms with Crippen LogP contribution in [-0.2, 0) is 0 Å². The molecule has 0 fully saturated rings. The third-order valence-corrected chi connectivity index (χ3v) is 2.18. The quantitative estimate of drug-likeness (QED) is 0.682. The second kappa shape index (κ2) is 6.81. The molecule has 0 radical (unpaired) electrons. The molecule has 1 N–H and O–H groups in total. The van der Waals surface area contributed by atoms with Gasteiger partial charge >= 0.3 is 0 Å². The first-order chi connectivity index (χ1) is 6.85. The van der Waals surface area contributed by atoms with Gasteiger partial charge < -0.3 is 10.2 Å². The Bertz CT molecular complexity index is 200. The lowest BCUT2D eigenvalue weighted by atomic mass is 10.1. The minimum atomic E-state index is 0.130. The van der Waals surface area contributed by atoms with Crippen LogP contribution in [0.15, 0.2) is 0 Å². The van der Waals surface area contributed by atoms with E-state index in [0.29, 0.717) is 0 Å². The first-order valence-electron chi connectivity index (χ1n) is 5.68. The average molecular weight is 211 g/mol. The van der Waals surface area contributed by atoms with Crippen LogP contribution < -0.4 is 5.32 Å². The Hall–Kier alpha value is -0.590. The molecule has 1 atom stereocenters. The Kier molecular flexibility index (Phi) is 6.55. The Balaban J connectivity index is 3.48. The van der Waals surface area contributed by atoms with Crippen LogP contribution in [-0.4, -0.2) is 37.1 Å². The van der Waals surface area contributed by atoms with Crippen LogP contribution in [0.5, 0.6) is 0 Å². The fourth-order valence-corrected chi connectivity index (χ4v) is 1.41. The van der Waals surface area contributed by atoms with E-state index in [1.165, 1.54) is 0 Å². The number of rotatable bonds is 6. The maximum Gasteiger partial charge on any atom is 0.0666 e. The van der Waals surface area contributed by atoms with Crippen molar-refractivity contribution in [2.45, 2.75) is 39.7 Å². The topological polar surface area (TPSA) is 39.1 Å². The fourth-order valence-electron chi connectivity index (χ4n) is 1.41. The van der Waals surface area contributed by atoms with Gasteiger partial charge in [0.25, 0.3) is 0 Å². The highest BCUT2D eigenvalue weighted by molar-refractivity contribution is 4.80. The van der Waals surface area contributed by atoms with E-state index in [4.69, 9.17) is 5.26 Å². The van der Waals surface area contributed by atoms with Gasteiger partial charge in [-0.3, -0.25) is 0 Å². The lowest BCUT2D eigenvalue weighted by Gasteiger charge is -2.22. The number of hydrogen-bond acceptors (Lipinski definition) is 3. The van der Waals surface area contributed by atoms with Crippen molar-refractivity contribution in [3.05, 3.63) is 0 Å². The smallest absolute Gasteiger partial charge is 0.0666 e. The standard InChI is InChI=1S/C12H25N3/c1-11(9-13)10-15(5)8-6-7-14-12(2,3)4/h11,14H,6-8,10H2,1-5H3. The summed E-state index contributed by atoms with van der Waals surface area (Å²) in [6.45, 7) is 11.4. The molecule has 0 aliphatic rings. The van der Waals surface area contributed by atoms with Crippen LogP contribution in [0.1, 0.15) is 34.1 Å². The summed E-state index contributed by atoms with van der Waals surface area (Å²) in [6.07, 6.45) is 1.13. The van der Waals surface area contributed by atoms with Gasteiger partial charge in [0.05, 0.1) is 12.0 Å². The molecule has 1 unspecified atom stereocenters. The second-order valence-electron chi connectivity index (χ2n) is 5.32. The molecule has 0 aromatic heterocycles. The Morgan fingerprint density at radius 2 is 2.00 bits per heavy atom. The van der Waals surface area contributed by atoms with Crippen LogP contribution in [0.4, 0.5) is 0 Å². The van der Waals surface area contributed by atoms with Gasteiger partial charge in [0.2, 0.25) is 0 Å².